The van der Waals surface area contributed by atoms with Gasteiger partial charge in [-0.1, -0.05) is 23.7 Å². The van der Waals surface area contributed by atoms with Crippen LogP contribution in [0.1, 0.15) is 10.4 Å². The number of ether oxygens (including phenoxy) is 2. The molecule has 10 heteroatoms. The number of carbonyl (C=O) groups excluding carboxylic acids is 2. The van der Waals surface area contributed by atoms with Crippen molar-refractivity contribution < 1.29 is 27.5 Å². The number of sulfonamides is 1. The maximum Gasteiger partial charge on any atom is 0.339 e. The molecule has 1 N–H and O–H groups in total. The predicted octanol–water partition coefficient (Wildman–Crippen LogP) is 2.29. The molecule has 0 spiro atoms. The molecule has 1 aliphatic heterocycles. The van der Waals surface area contributed by atoms with Gasteiger partial charge in [0.1, 0.15) is 5.75 Å². The highest BCUT2D eigenvalue weighted by Crippen LogP contribution is 2.34. The van der Waals surface area contributed by atoms with Crippen LogP contribution in [0.3, 0.4) is 0 Å². The first kappa shape index (κ1) is 20.0. The third-order valence-electron chi connectivity index (χ3n) is 4.07. The number of nitrogens with one attached hydrogen (secondary N) is 1. The van der Waals surface area contributed by atoms with E-state index >= 15 is 0 Å². The minimum atomic E-state index is -3.61. The molecule has 0 saturated heterocycles. The van der Waals surface area contributed by atoms with Gasteiger partial charge in [0.25, 0.3) is 5.91 Å². The van der Waals surface area contributed by atoms with Crippen LogP contribution in [0.5, 0.6) is 5.75 Å². The molecule has 148 valence electrons. The van der Waals surface area contributed by atoms with Gasteiger partial charge >= 0.3 is 5.97 Å². The minimum Gasteiger partial charge on any atom is -0.476 e. The van der Waals surface area contributed by atoms with Gasteiger partial charge in [0.15, 0.2) is 6.10 Å². The molecule has 2 aromatic carbocycles. The second-order valence-electron chi connectivity index (χ2n) is 6.04. The first-order valence-electron chi connectivity index (χ1n) is 8.13. The zero-order valence-corrected chi connectivity index (χ0v) is 16.6. The van der Waals surface area contributed by atoms with E-state index in [9.17, 15) is 18.0 Å². The molecule has 1 atom stereocenters. The normalized spacial score (nSPS) is 16.0. The summed E-state index contributed by atoms with van der Waals surface area (Å²) in [6.45, 7) is -0.181. The zero-order chi connectivity index (χ0) is 20.5. The third kappa shape index (κ3) is 4.05. The number of nitrogens with zero attached hydrogens (tertiary/aromatic N) is 1. The van der Waals surface area contributed by atoms with Gasteiger partial charge in [-0.2, -0.15) is 0 Å². The van der Waals surface area contributed by atoms with Gasteiger partial charge in [-0.05, 0) is 30.3 Å². The quantitative estimate of drug-likeness (QED) is 0.755. The SMILES string of the molecule is COC(=O)c1cc(NC(=O)[C@H]2CN(S(C)(=O)=O)c3ccccc3O2)ccc1Cl. The van der Waals surface area contributed by atoms with Gasteiger partial charge in [0.2, 0.25) is 10.0 Å². The molecular weight excluding hydrogens is 408 g/mol. The van der Waals surface area contributed by atoms with Crippen molar-refractivity contribution in [3.8, 4) is 5.75 Å². The van der Waals surface area contributed by atoms with E-state index in [1.165, 1.54) is 25.3 Å². The Morgan fingerprint density at radius 1 is 1.25 bits per heavy atom. The highest BCUT2D eigenvalue weighted by molar-refractivity contribution is 7.92. The van der Waals surface area contributed by atoms with Crippen LogP contribution in [0.2, 0.25) is 5.02 Å². The summed E-state index contributed by atoms with van der Waals surface area (Å²) in [4.78, 5) is 24.4. The lowest BCUT2D eigenvalue weighted by molar-refractivity contribution is -0.122. The van der Waals surface area contributed by atoms with Gasteiger partial charge in [-0.15, -0.1) is 0 Å². The number of hydrogen-bond donors (Lipinski definition) is 1. The summed E-state index contributed by atoms with van der Waals surface area (Å²) in [5.74, 6) is -0.931. The molecule has 0 aromatic heterocycles. The van der Waals surface area contributed by atoms with E-state index in [-0.39, 0.29) is 22.9 Å². The molecular formula is C18H17ClN2O6S. The Labute approximate surface area is 167 Å². The maximum atomic E-state index is 12.7. The van der Waals surface area contributed by atoms with Crippen LogP contribution in [0.4, 0.5) is 11.4 Å². The van der Waals surface area contributed by atoms with Crippen molar-refractivity contribution in [1.29, 1.82) is 0 Å². The Morgan fingerprint density at radius 2 is 1.96 bits per heavy atom. The van der Waals surface area contributed by atoms with Gasteiger partial charge in [-0.3, -0.25) is 9.10 Å². The largest absolute Gasteiger partial charge is 0.476 e. The molecule has 0 radical (unpaired) electrons. The first-order valence-corrected chi connectivity index (χ1v) is 10.4. The van der Waals surface area contributed by atoms with Gasteiger partial charge in [-0.25, -0.2) is 13.2 Å². The number of esters is 1. The summed E-state index contributed by atoms with van der Waals surface area (Å²) >= 11 is 5.97. The van der Waals surface area contributed by atoms with Crippen molar-refractivity contribution in [2.45, 2.75) is 6.10 Å². The summed E-state index contributed by atoms with van der Waals surface area (Å²) in [5, 5.41) is 2.79. The lowest BCUT2D eigenvalue weighted by atomic mass is 10.2. The van der Waals surface area contributed by atoms with Crippen molar-refractivity contribution in [2.75, 3.05) is 29.5 Å². The Kier molecular flexibility index (Phi) is 5.48. The van der Waals surface area contributed by atoms with E-state index in [0.29, 0.717) is 11.4 Å². The Hall–Kier alpha value is -2.78. The summed E-state index contributed by atoms with van der Waals surface area (Å²) < 4.78 is 35.7. The molecule has 28 heavy (non-hydrogen) atoms. The molecule has 3 rings (SSSR count). The van der Waals surface area contributed by atoms with E-state index < -0.39 is 28.0 Å². The molecule has 0 saturated carbocycles. The van der Waals surface area contributed by atoms with Crippen LogP contribution >= 0.6 is 11.6 Å². The zero-order valence-electron chi connectivity index (χ0n) is 15.0. The van der Waals surface area contributed by atoms with Crippen LogP contribution in [-0.4, -0.2) is 46.3 Å². The van der Waals surface area contributed by atoms with Gasteiger partial charge in [0.05, 0.1) is 36.2 Å². The number of anilines is 2. The van der Waals surface area contributed by atoms with E-state index in [4.69, 9.17) is 16.3 Å². The predicted molar refractivity (Wildman–Crippen MR) is 104 cm³/mol. The number of carbonyl (C=O) groups is 2. The third-order valence-corrected chi connectivity index (χ3v) is 5.54. The molecule has 0 aliphatic carbocycles. The number of halogens is 1. The number of benzene rings is 2. The number of rotatable bonds is 4. The molecule has 1 amide bonds. The highest BCUT2D eigenvalue weighted by Gasteiger charge is 2.35. The summed E-state index contributed by atoms with van der Waals surface area (Å²) in [6, 6.07) is 10.9. The Balaban J connectivity index is 1.85. The van der Waals surface area contributed by atoms with E-state index in [1.807, 2.05) is 0 Å². The van der Waals surface area contributed by atoms with Crippen molar-refractivity contribution in [3.63, 3.8) is 0 Å². The fourth-order valence-electron chi connectivity index (χ4n) is 2.74. The average Bonchev–Trinajstić information content (AvgIpc) is 2.67. The summed E-state index contributed by atoms with van der Waals surface area (Å²) in [5.41, 5.74) is 0.756. The molecule has 0 bridgehead atoms. The molecule has 0 unspecified atom stereocenters. The van der Waals surface area contributed by atoms with Crippen LogP contribution in [0, 0.1) is 0 Å². The van der Waals surface area contributed by atoms with Crippen LogP contribution < -0.4 is 14.4 Å². The van der Waals surface area contributed by atoms with Gasteiger partial charge in [0, 0.05) is 5.69 Å². The van der Waals surface area contributed by atoms with Gasteiger partial charge < -0.3 is 14.8 Å². The minimum absolute atomic E-state index is 0.0923. The molecule has 0 fully saturated rings. The second-order valence-corrected chi connectivity index (χ2v) is 8.36. The van der Waals surface area contributed by atoms with E-state index in [2.05, 4.69) is 10.1 Å². The topological polar surface area (TPSA) is 102 Å². The number of amides is 1. The van der Waals surface area contributed by atoms with E-state index in [0.717, 1.165) is 10.6 Å². The first-order chi connectivity index (χ1) is 13.2. The van der Waals surface area contributed by atoms with Crippen molar-refractivity contribution in [3.05, 3.63) is 53.1 Å². The van der Waals surface area contributed by atoms with Crippen molar-refractivity contribution in [2.24, 2.45) is 0 Å². The van der Waals surface area contributed by atoms with Crippen molar-refractivity contribution in [1.82, 2.24) is 0 Å². The Morgan fingerprint density at radius 3 is 2.64 bits per heavy atom. The van der Waals surface area contributed by atoms with Crippen LogP contribution in [0.15, 0.2) is 42.5 Å². The summed E-state index contributed by atoms with van der Waals surface area (Å²) in [7, 11) is -2.39. The lowest BCUT2D eigenvalue weighted by Gasteiger charge is -2.33. The Bertz CT molecular complexity index is 1040. The summed E-state index contributed by atoms with van der Waals surface area (Å²) in [6.07, 6.45) is -0.0202. The highest BCUT2D eigenvalue weighted by atomic mass is 35.5. The second kappa shape index (κ2) is 7.69. The fraction of sp³-hybridized carbons (Fsp3) is 0.222. The molecule has 1 aliphatic rings. The molecule has 2 aromatic rings. The van der Waals surface area contributed by atoms with Crippen LogP contribution in [-0.2, 0) is 19.6 Å². The fourth-order valence-corrected chi connectivity index (χ4v) is 3.85. The number of para-hydroxylation sites is 2. The lowest BCUT2D eigenvalue weighted by Crippen LogP contribution is -2.48. The number of hydrogen-bond acceptors (Lipinski definition) is 6. The number of fused-ring (bicyclic) bond motifs is 1. The smallest absolute Gasteiger partial charge is 0.339 e. The maximum absolute atomic E-state index is 12.7. The number of methoxy groups -OCH3 is 1. The molecule has 1 heterocycles. The average molecular weight is 425 g/mol. The van der Waals surface area contributed by atoms with Crippen LogP contribution in [0.25, 0.3) is 0 Å². The standard InChI is InChI=1S/C18H17ClN2O6S/c1-26-18(23)12-9-11(7-8-13(12)19)20-17(22)16-10-21(28(2,24)25)14-5-3-4-6-15(14)27-16/h3-9,16H,10H2,1-2H3,(H,20,22)/t16-/m1/s1. The molecule has 8 nitrogen and oxygen atoms in total. The van der Waals surface area contributed by atoms with Crippen molar-refractivity contribution >= 4 is 44.9 Å². The monoisotopic (exact) mass is 424 g/mol. The van der Waals surface area contributed by atoms with E-state index in [1.54, 1.807) is 24.3 Å².